The molecular formula is C15H11FN2O3. The second kappa shape index (κ2) is 4.90. The number of H-pyrrole nitrogens is 1. The van der Waals surface area contributed by atoms with Crippen molar-refractivity contribution in [1.29, 1.82) is 0 Å². The lowest BCUT2D eigenvalue weighted by molar-refractivity contribution is 0.371. The summed E-state index contributed by atoms with van der Waals surface area (Å²) < 4.78 is 18.5. The maximum absolute atomic E-state index is 13.6. The number of ether oxygens (including phenoxy) is 1. The maximum Gasteiger partial charge on any atom is 0.259 e. The molecule has 0 spiro atoms. The van der Waals surface area contributed by atoms with Crippen LogP contribution in [0.25, 0.3) is 22.3 Å². The SMILES string of the molecule is COc1cc(F)cc(-c2nc3ccccc3c(=O)[nH]2)c1O. The van der Waals surface area contributed by atoms with E-state index in [2.05, 4.69) is 9.97 Å². The second-order valence-electron chi connectivity index (χ2n) is 4.44. The number of nitrogens with zero attached hydrogens (tertiary/aromatic N) is 1. The molecule has 0 saturated carbocycles. The van der Waals surface area contributed by atoms with Crippen LogP contribution in [0.3, 0.4) is 0 Å². The Morgan fingerprint density at radius 3 is 2.81 bits per heavy atom. The van der Waals surface area contributed by atoms with E-state index in [9.17, 15) is 14.3 Å². The maximum atomic E-state index is 13.6. The summed E-state index contributed by atoms with van der Waals surface area (Å²) in [6.45, 7) is 0. The molecule has 0 fully saturated rings. The molecule has 0 aliphatic rings. The first kappa shape index (κ1) is 13.1. The third-order valence-electron chi connectivity index (χ3n) is 3.13. The summed E-state index contributed by atoms with van der Waals surface area (Å²) in [6.07, 6.45) is 0. The quantitative estimate of drug-likeness (QED) is 0.758. The molecule has 2 aromatic carbocycles. The van der Waals surface area contributed by atoms with E-state index >= 15 is 0 Å². The van der Waals surface area contributed by atoms with Crippen molar-refractivity contribution in [3.8, 4) is 22.9 Å². The first-order valence-corrected chi connectivity index (χ1v) is 6.16. The van der Waals surface area contributed by atoms with Gasteiger partial charge in [-0.15, -0.1) is 0 Å². The minimum atomic E-state index is -0.601. The zero-order valence-corrected chi connectivity index (χ0v) is 11.1. The highest BCUT2D eigenvalue weighted by molar-refractivity contribution is 5.80. The normalized spacial score (nSPS) is 10.8. The lowest BCUT2D eigenvalue weighted by Crippen LogP contribution is -2.09. The molecule has 0 saturated heterocycles. The average molecular weight is 286 g/mol. The zero-order chi connectivity index (χ0) is 15.0. The van der Waals surface area contributed by atoms with Crippen LogP contribution in [0.2, 0.25) is 0 Å². The molecule has 1 aromatic heterocycles. The van der Waals surface area contributed by atoms with Crippen molar-refractivity contribution >= 4 is 10.9 Å². The minimum absolute atomic E-state index is 0.0270. The highest BCUT2D eigenvalue weighted by Crippen LogP contribution is 2.36. The number of methoxy groups -OCH3 is 1. The van der Waals surface area contributed by atoms with E-state index in [0.717, 1.165) is 12.1 Å². The molecule has 1 heterocycles. The molecule has 0 radical (unpaired) electrons. The summed E-state index contributed by atoms with van der Waals surface area (Å²) in [6, 6.07) is 8.91. The number of rotatable bonds is 2. The fourth-order valence-electron chi connectivity index (χ4n) is 2.12. The van der Waals surface area contributed by atoms with Crippen LogP contribution in [0.4, 0.5) is 4.39 Å². The molecule has 0 aliphatic carbocycles. The standard InChI is InChI=1S/C15H11FN2O3/c1-21-12-7-8(16)6-10(13(12)19)14-17-11-5-3-2-4-9(11)15(20)18-14/h2-7,19H,1H3,(H,17,18,20). The Morgan fingerprint density at radius 2 is 2.05 bits per heavy atom. The number of para-hydroxylation sites is 1. The van der Waals surface area contributed by atoms with Crippen LogP contribution in [0.1, 0.15) is 0 Å². The molecule has 3 rings (SSSR count). The lowest BCUT2D eigenvalue weighted by Gasteiger charge is -2.09. The predicted molar refractivity (Wildman–Crippen MR) is 76.0 cm³/mol. The number of fused-ring (bicyclic) bond motifs is 1. The third-order valence-corrected chi connectivity index (χ3v) is 3.13. The first-order valence-electron chi connectivity index (χ1n) is 6.16. The summed E-state index contributed by atoms with van der Waals surface area (Å²) in [5.41, 5.74) is 0.159. The van der Waals surface area contributed by atoms with E-state index < -0.39 is 5.82 Å². The lowest BCUT2D eigenvalue weighted by atomic mass is 10.1. The number of hydrogen-bond donors (Lipinski definition) is 2. The van der Waals surface area contributed by atoms with E-state index in [1.807, 2.05) is 0 Å². The van der Waals surface area contributed by atoms with Gasteiger partial charge in [0.1, 0.15) is 11.6 Å². The van der Waals surface area contributed by atoms with E-state index in [-0.39, 0.29) is 28.4 Å². The fourth-order valence-corrected chi connectivity index (χ4v) is 2.12. The number of aromatic nitrogens is 2. The third kappa shape index (κ3) is 2.20. The van der Waals surface area contributed by atoms with Gasteiger partial charge in [0.05, 0.1) is 23.6 Å². The molecule has 0 amide bonds. The molecule has 0 unspecified atom stereocenters. The van der Waals surface area contributed by atoms with Crippen LogP contribution >= 0.6 is 0 Å². The van der Waals surface area contributed by atoms with Crippen LogP contribution in [0.5, 0.6) is 11.5 Å². The summed E-state index contributed by atoms with van der Waals surface area (Å²) in [5.74, 6) is -0.831. The van der Waals surface area contributed by atoms with Crippen molar-refractivity contribution in [2.24, 2.45) is 0 Å². The van der Waals surface area contributed by atoms with E-state index in [0.29, 0.717) is 10.9 Å². The molecule has 106 valence electrons. The fraction of sp³-hybridized carbons (Fsp3) is 0.0667. The Hall–Kier alpha value is -2.89. The van der Waals surface area contributed by atoms with Crippen molar-refractivity contribution in [3.05, 3.63) is 52.6 Å². The van der Waals surface area contributed by atoms with Crippen molar-refractivity contribution < 1.29 is 14.2 Å². The van der Waals surface area contributed by atoms with E-state index in [4.69, 9.17) is 4.74 Å². The number of hydrogen-bond acceptors (Lipinski definition) is 4. The summed E-state index contributed by atoms with van der Waals surface area (Å²) in [7, 11) is 1.31. The number of aromatic amines is 1. The molecule has 21 heavy (non-hydrogen) atoms. The minimum Gasteiger partial charge on any atom is -0.504 e. The summed E-state index contributed by atoms with van der Waals surface area (Å²) in [4.78, 5) is 18.8. The second-order valence-corrected chi connectivity index (χ2v) is 4.44. The molecule has 3 aromatic rings. The Kier molecular flexibility index (Phi) is 3.06. The number of nitrogens with one attached hydrogen (secondary N) is 1. The van der Waals surface area contributed by atoms with Crippen LogP contribution in [0.15, 0.2) is 41.2 Å². The van der Waals surface area contributed by atoms with Gasteiger partial charge >= 0.3 is 0 Å². The Balaban J connectivity index is 2.31. The van der Waals surface area contributed by atoms with Gasteiger partial charge in [-0.1, -0.05) is 12.1 Å². The first-order chi connectivity index (χ1) is 10.1. The van der Waals surface area contributed by atoms with Crippen LogP contribution in [-0.2, 0) is 0 Å². The van der Waals surface area contributed by atoms with E-state index in [1.54, 1.807) is 24.3 Å². The van der Waals surface area contributed by atoms with Gasteiger partial charge in [-0.3, -0.25) is 4.79 Å². The molecule has 6 heteroatoms. The van der Waals surface area contributed by atoms with Crippen molar-refractivity contribution in [3.63, 3.8) is 0 Å². The molecular weight excluding hydrogens is 275 g/mol. The average Bonchev–Trinajstić information content (AvgIpc) is 2.49. The van der Waals surface area contributed by atoms with Gasteiger partial charge in [-0.2, -0.15) is 0 Å². The van der Waals surface area contributed by atoms with Crippen LogP contribution < -0.4 is 10.3 Å². The Morgan fingerprint density at radius 1 is 1.29 bits per heavy atom. The number of phenols is 1. The molecule has 2 N–H and O–H groups in total. The Bertz CT molecular complexity index is 890. The Labute approximate surface area is 118 Å². The highest BCUT2D eigenvalue weighted by Gasteiger charge is 2.15. The van der Waals surface area contributed by atoms with Crippen molar-refractivity contribution in [2.45, 2.75) is 0 Å². The van der Waals surface area contributed by atoms with Crippen molar-refractivity contribution in [1.82, 2.24) is 9.97 Å². The highest BCUT2D eigenvalue weighted by atomic mass is 19.1. The molecule has 0 bridgehead atoms. The van der Waals surface area contributed by atoms with Gasteiger partial charge in [0.2, 0.25) is 0 Å². The van der Waals surface area contributed by atoms with Gasteiger partial charge < -0.3 is 14.8 Å². The number of halogens is 1. The van der Waals surface area contributed by atoms with Gasteiger partial charge in [-0.25, -0.2) is 9.37 Å². The number of aromatic hydroxyl groups is 1. The largest absolute Gasteiger partial charge is 0.504 e. The molecule has 0 atom stereocenters. The molecule has 5 nitrogen and oxygen atoms in total. The van der Waals surface area contributed by atoms with Crippen molar-refractivity contribution in [2.75, 3.05) is 7.11 Å². The summed E-state index contributed by atoms with van der Waals surface area (Å²) in [5, 5.41) is 10.5. The smallest absolute Gasteiger partial charge is 0.259 e. The topological polar surface area (TPSA) is 75.2 Å². The number of phenolic OH excluding ortho intramolecular Hbond substituents is 1. The van der Waals surface area contributed by atoms with E-state index in [1.165, 1.54) is 7.11 Å². The van der Waals surface area contributed by atoms with Gasteiger partial charge in [0.15, 0.2) is 11.5 Å². The van der Waals surface area contributed by atoms with Crippen LogP contribution in [0, 0.1) is 5.82 Å². The van der Waals surface area contributed by atoms with Gasteiger partial charge in [0, 0.05) is 6.07 Å². The predicted octanol–water partition coefficient (Wildman–Crippen LogP) is 2.44. The van der Waals surface area contributed by atoms with Crippen LogP contribution in [-0.4, -0.2) is 22.2 Å². The summed E-state index contributed by atoms with van der Waals surface area (Å²) >= 11 is 0. The monoisotopic (exact) mass is 286 g/mol. The van der Waals surface area contributed by atoms with Gasteiger partial charge in [-0.05, 0) is 18.2 Å². The molecule has 0 aliphatic heterocycles. The van der Waals surface area contributed by atoms with Gasteiger partial charge in [0.25, 0.3) is 5.56 Å². The zero-order valence-electron chi connectivity index (χ0n) is 11.1. The number of benzene rings is 2.